The molecule has 0 radical (unpaired) electrons. The van der Waals surface area contributed by atoms with Gasteiger partial charge in [-0.25, -0.2) is 4.98 Å². The summed E-state index contributed by atoms with van der Waals surface area (Å²) >= 11 is 0. The van der Waals surface area contributed by atoms with Crippen molar-refractivity contribution in [3.63, 3.8) is 0 Å². The molecule has 162 valence electrons. The van der Waals surface area contributed by atoms with Crippen LogP contribution in [-0.4, -0.2) is 45.5 Å². The van der Waals surface area contributed by atoms with Crippen LogP contribution in [0.5, 0.6) is 11.5 Å². The summed E-state index contributed by atoms with van der Waals surface area (Å²) in [5, 5.41) is 3.21. The van der Waals surface area contributed by atoms with Gasteiger partial charge in [0.05, 0.1) is 6.20 Å². The van der Waals surface area contributed by atoms with Crippen LogP contribution in [0, 0.1) is 6.92 Å². The van der Waals surface area contributed by atoms with E-state index >= 15 is 0 Å². The third-order valence-electron chi connectivity index (χ3n) is 5.74. The first-order valence-electron chi connectivity index (χ1n) is 10.3. The summed E-state index contributed by atoms with van der Waals surface area (Å²) in [5.74, 6) is 1.69. The van der Waals surface area contributed by atoms with E-state index in [-0.39, 0.29) is 6.04 Å². The molecule has 0 amide bonds. The van der Waals surface area contributed by atoms with Gasteiger partial charge in [0, 0.05) is 38.1 Å². The number of fused-ring (bicyclic) bond motifs is 2. The lowest BCUT2D eigenvalue weighted by Crippen LogP contribution is -2.43. The summed E-state index contributed by atoms with van der Waals surface area (Å²) in [6, 6.07) is 3.61. The molecule has 1 saturated heterocycles. The molecular formula is C21H23N5O5. The molecule has 4 heterocycles. The SMILES string of the molecule is Cc1cc2c(cc1Nc1ncc3c(n1)n(C1CCOCC1)c(=O)c(=O)n3C)OCCO2. The molecule has 0 spiro atoms. The number of benzene rings is 1. The molecule has 0 atom stereocenters. The topological polar surface area (TPSA) is 110 Å². The third-order valence-corrected chi connectivity index (χ3v) is 5.74. The van der Waals surface area contributed by atoms with E-state index in [1.807, 2.05) is 19.1 Å². The second kappa shape index (κ2) is 7.69. The van der Waals surface area contributed by atoms with E-state index in [0.717, 1.165) is 11.3 Å². The van der Waals surface area contributed by atoms with E-state index < -0.39 is 11.1 Å². The molecular weight excluding hydrogens is 402 g/mol. The summed E-state index contributed by atoms with van der Waals surface area (Å²) < 4.78 is 19.5. The van der Waals surface area contributed by atoms with Crippen LogP contribution in [0.3, 0.4) is 0 Å². The molecule has 3 aromatic rings. The maximum atomic E-state index is 12.9. The summed E-state index contributed by atoms with van der Waals surface area (Å²) in [7, 11) is 1.56. The van der Waals surface area contributed by atoms with Crippen molar-refractivity contribution >= 4 is 22.8 Å². The number of nitrogens with zero attached hydrogens (tertiary/aromatic N) is 4. The molecule has 2 aliphatic rings. The van der Waals surface area contributed by atoms with Crippen molar-refractivity contribution in [1.29, 1.82) is 0 Å². The summed E-state index contributed by atoms with van der Waals surface area (Å²) in [6.45, 7) is 4.05. The lowest BCUT2D eigenvalue weighted by Gasteiger charge is -2.25. The lowest BCUT2D eigenvalue weighted by molar-refractivity contribution is 0.0695. The predicted molar refractivity (Wildman–Crippen MR) is 114 cm³/mol. The fraction of sp³-hybridized carbons (Fsp3) is 0.429. The molecule has 1 N–H and O–H groups in total. The predicted octanol–water partition coefficient (Wildman–Crippen LogP) is 1.66. The largest absolute Gasteiger partial charge is 0.486 e. The number of nitrogens with one attached hydrogen (secondary N) is 1. The number of hydrogen-bond donors (Lipinski definition) is 1. The molecule has 10 heteroatoms. The first-order chi connectivity index (χ1) is 15.0. The minimum Gasteiger partial charge on any atom is -0.486 e. The third kappa shape index (κ3) is 3.42. The van der Waals surface area contributed by atoms with Crippen molar-refractivity contribution < 1.29 is 14.2 Å². The fourth-order valence-electron chi connectivity index (χ4n) is 4.02. The molecule has 0 unspecified atom stereocenters. The second-order valence-corrected chi connectivity index (χ2v) is 7.72. The normalized spacial score (nSPS) is 16.5. The minimum absolute atomic E-state index is 0.142. The van der Waals surface area contributed by atoms with Gasteiger partial charge in [-0.05, 0) is 31.4 Å². The average Bonchev–Trinajstić information content (AvgIpc) is 2.79. The van der Waals surface area contributed by atoms with E-state index in [2.05, 4.69) is 15.3 Å². The van der Waals surface area contributed by atoms with Crippen LogP contribution in [0.15, 0.2) is 27.9 Å². The highest BCUT2D eigenvalue weighted by Gasteiger charge is 2.23. The highest BCUT2D eigenvalue weighted by Crippen LogP contribution is 2.36. The van der Waals surface area contributed by atoms with Gasteiger partial charge in [-0.2, -0.15) is 4.98 Å². The number of ether oxygens (including phenoxy) is 3. The quantitative estimate of drug-likeness (QED) is 0.631. The monoisotopic (exact) mass is 425 g/mol. The summed E-state index contributed by atoms with van der Waals surface area (Å²) in [6.07, 6.45) is 2.86. The van der Waals surface area contributed by atoms with Gasteiger partial charge in [-0.15, -0.1) is 0 Å². The van der Waals surface area contributed by atoms with Gasteiger partial charge in [0.25, 0.3) is 0 Å². The first kappa shape index (κ1) is 19.6. The van der Waals surface area contributed by atoms with E-state index in [0.29, 0.717) is 67.9 Å². The highest BCUT2D eigenvalue weighted by molar-refractivity contribution is 5.73. The Balaban J connectivity index is 1.61. The maximum absolute atomic E-state index is 12.9. The average molecular weight is 425 g/mol. The Morgan fingerprint density at radius 3 is 2.48 bits per heavy atom. The number of anilines is 2. The van der Waals surface area contributed by atoms with Crippen LogP contribution in [0.1, 0.15) is 24.4 Å². The zero-order valence-electron chi connectivity index (χ0n) is 17.4. The van der Waals surface area contributed by atoms with Crippen LogP contribution in [0.2, 0.25) is 0 Å². The molecule has 2 aromatic heterocycles. The van der Waals surface area contributed by atoms with Gasteiger partial charge in [-0.3, -0.25) is 14.2 Å². The Morgan fingerprint density at radius 2 is 1.74 bits per heavy atom. The van der Waals surface area contributed by atoms with Crippen LogP contribution in [0.25, 0.3) is 11.2 Å². The van der Waals surface area contributed by atoms with E-state index in [9.17, 15) is 9.59 Å². The number of hydrogen-bond acceptors (Lipinski definition) is 8. The van der Waals surface area contributed by atoms with Gasteiger partial charge in [0.15, 0.2) is 17.1 Å². The van der Waals surface area contributed by atoms with Crippen molar-refractivity contribution in [2.75, 3.05) is 31.7 Å². The minimum atomic E-state index is -0.592. The standard InChI is InChI=1S/C21H23N5O5/c1-12-9-16-17(31-8-7-30-16)10-14(12)23-21-22-11-15-18(24-21)26(13-3-5-29-6-4-13)20(28)19(27)25(15)2/h9-11,13H,3-8H2,1-2H3,(H,22,23,24). The number of rotatable bonds is 3. The van der Waals surface area contributed by atoms with E-state index in [4.69, 9.17) is 14.2 Å². The molecule has 0 aliphatic carbocycles. The highest BCUT2D eigenvalue weighted by atomic mass is 16.6. The van der Waals surface area contributed by atoms with Gasteiger partial charge in [0.1, 0.15) is 18.7 Å². The Morgan fingerprint density at radius 1 is 1.03 bits per heavy atom. The summed E-state index contributed by atoms with van der Waals surface area (Å²) in [4.78, 5) is 34.4. The van der Waals surface area contributed by atoms with Crippen LogP contribution < -0.4 is 25.9 Å². The van der Waals surface area contributed by atoms with Crippen molar-refractivity contribution in [1.82, 2.24) is 19.1 Å². The fourth-order valence-corrected chi connectivity index (χ4v) is 4.02. The van der Waals surface area contributed by atoms with E-state index in [1.54, 1.807) is 13.2 Å². The molecule has 5 rings (SSSR count). The van der Waals surface area contributed by atoms with Crippen LogP contribution in [0.4, 0.5) is 11.6 Å². The van der Waals surface area contributed by atoms with Crippen molar-refractivity contribution in [2.24, 2.45) is 7.05 Å². The number of aryl methyl sites for hydroxylation is 2. The van der Waals surface area contributed by atoms with Crippen LogP contribution in [-0.2, 0) is 11.8 Å². The molecule has 1 aromatic carbocycles. The Kier molecular flexibility index (Phi) is 4.85. The van der Waals surface area contributed by atoms with Crippen LogP contribution >= 0.6 is 0 Å². The van der Waals surface area contributed by atoms with Gasteiger partial charge < -0.3 is 24.1 Å². The molecule has 0 bridgehead atoms. The van der Waals surface area contributed by atoms with E-state index in [1.165, 1.54) is 9.13 Å². The van der Waals surface area contributed by atoms with Crippen molar-refractivity contribution in [2.45, 2.75) is 25.8 Å². The zero-order chi connectivity index (χ0) is 21.5. The molecule has 0 saturated carbocycles. The first-order valence-corrected chi connectivity index (χ1v) is 10.3. The van der Waals surface area contributed by atoms with Gasteiger partial charge >= 0.3 is 11.1 Å². The Hall–Kier alpha value is -3.40. The Bertz CT molecular complexity index is 1280. The molecule has 1 fully saturated rings. The Labute approximate surface area is 177 Å². The molecule has 10 nitrogen and oxygen atoms in total. The lowest BCUT2D eigenvalue weighted by atomic mass is 10.1. The second-order valence-electron chi connectivity index (χ2n) is 7.72. The van der Waals surface area contributed by atoms with Crippen molar-refractivity contribution in [3.8, 4) is 11.5 Å². The molecule has 31 heavy (non-hydrogen) atoms. The summed E-state index contributed by atoms with van der Waals surface area (Å²) in [5.41, 5.74) is 1.46. The maximum Gasteiger partial charge on any atom is 0.318 e. The molecule has 2 aliphatic heterocycles. The number of aromatic nitrogens is 4. The smallest absolute Gasteiger partial charge is 0.318 e. The van der Waals surface area contributed by atoms with Crippen molar-refractivity contribution in [3.05, 3.63) is 44.6 Å². The van der Waals surface area contributed by atoms with Gasteiger partial charge in [-0.1, -0.05) is 0 Å². The van der Waals surface area contributed by atoms with Gasteiger partial charge in [0.2, 0.25) is 5.95 Å². The zero-order valence-corrected chi connectivity index (χ0v) is 17.4.